The molecule has 2 fully saturated rings. The van der Waals surface area contributed by atoms with E-state index < -0.39 is 0 Å². The topological polar surface area (TPSA) is 0 Å². The van der Waals surface area contributed by atoms with Crippen LogP contribution in [-0.4, -0.2) is 0 Å². The van der Waals surface area contributed by atoms with Gasteiger partial charge in [0.1, 0.15) is 0 Å². The number of hydrogen-bond donors (Lipinski definition) is 0. The second kappa shape index (κ2) is 8.18. The second-order valence-electron chi connectivity index (χ2n) is 7.86. The molecule has 0 bridgehead atoms. The molecule has 2 aliphatic carbocycles. The van der Waals surface area contributed by atoms with Crippen molar-refractivity contribution in [2.24, 2.45) is 5.92 Å². The van der Waals surface area contributed by atoms with Gasteiger partial charge in [0.25, 0.3) is 0 Å². The molecule has 2 aliphatic rings. The van der Waals surface area contributed by atoms with Gasteiger partial charge in [0.15, 0.2) is 0 Å². The van der Waals surface area contributed by atoms with Gasteiger partial charge in [0.2, 0.25) is 0 Å². The van der Waals surface area contributed by atoms with Crippen LogP contribution >= 0.6 is 0 Å². The smallest absolute Gasteiger partial charge is 0.0162 e. The lowest BCUT2D eigenvalue weighted by molar-refractivity contribution is 0.304. The molecule has 0 nitrogen and oxygen atoms in total. The molecule has 0 saturated heterocycles. The quantitative estimate of drug-likeness (QED) is 0.539. The molecule has 0 amide bonds. The first kappa shape index (κ1) is 16.1. The van der Waals surface area contributed by atoms with Crippen molar-refractivity contribution >= 4 is 0 Å². The maximum Gasteiger partial charge on any atom is -0.0162 e. The molecule has 0 unspecified atom stereocenters. The van der Waals surface area contributed by atoms with Crippen molar-refractivity contribution in [3.05, 3.63) is 35.4 Å². The summed E-state index contributed by atoms with van der Waals surface area (Å²) in [5, 5.41) is 0. The van der Waals surface area contributed by atoms with E-state index in [1.807, 2.05) is 0 Å². The molecule has 0 aliphatic heterocycles. The summed E-state index contributed by atoms with van der Waals surface area (Å²) in [7, 11) is 0. The van der Waals surface area contributed by atoms with Crippen LogP contribution in [0.25, 0.3) is 0 Å². The standard InChI is InChI=1S/C22H34/c1-2-3-7-18-10-12-20(13-11-18)22-16-14-21(15-17-22)19-8-5-4-6-9-19/h14-20H,2-13H2,1H3. The molecule has 122 valence electrons. The Bertz CT molecular complexity index is 416. The first-order chi connectivity index (χ1) is 10.9. The highest BCUT2D eigenvalue weighted by molar-refractivity contribution is 5.28. The van der Waals surface area contributed by atoms with E-state index in [-0.39, 0.29) is 0 Å². The number of rotatable bonds is 5. The summed E-state index contributed by atoms with van der Waals surface area (Å²) < 4.78 is 0. The van der Waals surface area contributed by atoms with Crippen LogP contribution in [-0.2, 0) is 0 Å². The Morgan fingerprint density at radius 2 is 1.27 bits per heavy atom. The first-order valence-corrected chi connectivity index (χ1v) is 9.96. The summed E-state index contributed by atoms with van der Waals surface area (Å²) in [5.74, 6) is 2.73. The van der Waals surface area contributed by atoms with Gasteiger partial charge in [-0.3, -0.25) is 0 Å². The molecule has 0 radical (unpaired) electrons. The first-order valence-electron chi connectivity index (χ1n) is 9.96. The summed E-state index contributed by atoms with van der Waals surface area (Å²) in [4.78, 5) is 0. The van der Waals surface area contributed by atoms with Crippen molar-refractivity contribution in [1.29, 1.82) is 0 Å². The van der Waals surface area contributed by atoms with E-state index in [0.29, 0.717) is 0 Å². The van der Waals surface area contributed by atoms with Gasteiger partial charge in [-0.05, 0) is 67.4 Å². The van der Waals surface area contributed by atoms with Crippen molar-refractivity contribution in [1.82, 2.24) is 0 Å². The van der Waals surface area contributed by atoms with E-state index >= 15 is 0 Å². The fourth-order valence-corrected chi connectivity index (χ4v) is 4.75. The monoisotopic (exact) mass is 298 g/mol. The largest absolute Gasteiger partial charge is 0.0654 e. The van der Waals surface area contributed by atoms with Crippen molar-refractivity contribution in [2.75, 3.05) is 0 Å². The third-order valence-corrected chi connectivity index (χ3v) is 6.30. The molecule has 0 N–H and O–H groups in total. The van der Waals surface area contributed by atoms with Crippen LogP contribution in [0.4, 0.5) is 0 Å². The van der Waals surface area contributed by atoms with Crippen LogP contribution in [0, 0.1) is 5.92 Å². The molecule has 0 spiro atoms. The Balaban J connectivity index is 1.52. The van der Waals surface area contributed by atoms with Gasteiger partial charge in [-0.2, -0.15) is 0 Å². The SMILES string of the molecule is CCCCC1CCC(c2ccc(C3CCCCC3)cc2)CC1. The highest BCUT2D eigenvalue weighted by atomic mass is 14.3. The van der Waals surface area contributed by atoms with Crippen LogP contribution in [0.3, 0.4) is 0 Å². The minimum Gasteiger partial charge on any atom is -0.0654 e. The molecule has 0 heteroatoms. The highest BCUT2D eigenvalue weighted by Gasteiger charge is 2.22. The van der Waals surface area contributed by atoms with E-state index in [2.05, 4.69) is 31.2 Å². The maximum atomic E-state index is 2.46. The molecule has 1 aromatic carbocycles. The van der Waals surface area contributed by atoms with E-state index in [4.69, 9.17) is 0 Å². The van der Waals surface area contributed by atoms with Gasteiger partial charge in [-0.25, -0.2) is 0 Å². The zero-order valence-corrected chi connectivity index (χ0v) is 14.5. The number of hydrogen-bond acceptors (Lipinski definition) is 0. The van der Waals surface area contributed by atoms with E-state index in [0.717, 1.165) is 17.8 Å². The van der Waals surface area contributed by atoms with Crippen LogP contribution in [0.2, 0.25) is 0 Å². The van der Waals surface area contributed by atoms with Gasteiger partial charge in [-0.15, -0.1) is 0 Å². The van der Waals surface area contributed by atoms with Crippen molar-refractivity contribution in [3.8, 4) is 0 Å². The van der Waals surface area contributed by atoms with Gasteiger partial charge >= 0.3 is 0 Å². The lowest BCUT2D eigenvalue weighted by atomic mass is 9.76. The molecule has 2 saturated carbocycles. The van der Waals surface area contributed by atoms with E-state index in [1.54, 1.807) is 11.1 Å². The van der Waals surface area contributed by atoms with Gasteiger partial charge < -0.3 is 0 Å². The summed E-state index contributed by atoms with van der Waals surface area (Å²) in [6.45, 7) is 2.32. The number of unbranched alkanes of at least 4 members (excludes halogenated alkanes) is 1. The highest BCUT2D eigenvalue weighted by Crippen LogP contribution is 2.39. The van der Waals surface area contributed by atoms with Crippen molar-refractivity contribution < 1.29 is 0 Å². The minimum absolute atomic E-state index is 0.846. The minimum atomic E-state index is 0.846. The zero-order valence-electron chi connectivity index (χ0n) is 14.5. The zero-order chi connectivity index (χ0) is 15.2. The third kappa shape index (κ3) is 4.15. The van der Waals surface area contributed by atoms with Crippen molar-refractivity contribution in [3.63, 3.8) is 0 Å². The molecule has 22 heavy (non-hydrogen) atoms. The molecule has 0 heterocycles. The molecule has 0 aromatic heterocycles. The lowest BCUT2D eigenvalue weighted by Gasteiger charge is -2.29. The van der Waals surface area contributed by atoms with Gasteiger partial charge in [-0.1, -0.05) is 69.7 Å². The predicted octanol–water partition coefficient (Wildman–Crippen LogP) is 7.20. The fourth-order valence-electron chi connectivity index (χ4n) is 4.75. The van der Waals surface area contributed by atoms with Crippen LogP contribution in [0.1, 0.15) is 107 Å². The maximum absolute atomic E-state index is 2.46. The van der Waals surface area contributed by atoms with E-state index in [9.17, 15) is 0 Å². The molecule has 3 rings (SSSR count). The normalized spacial score (nSPS) is 27.0. The van der Waals surface area contributed by atoms with Crippen LogP contribution in [0.5, 0.6) is 0 Å². The molecule has 1 aromatic rings. The van der Waals surface area contributed by atoms with Crippen LogP contribution < -0.4 is 0 Å². The predicted molar refractivity (Wildman–Crippen MR) is 96.5 cm³/mol. The third-order valence-electron chi connectivity index (χ3n) is 6.30. The Kier molecular flexibility index (Phi) is 5.98. The van der Waals surface area contributed by atoms with Gasteiger partial charge in [0.05, 0.1) is 0 Å². The number of benzene rings is 1. The average Bonchev–Trinajstić information content (AvgIpc) is 2.61. The Morgan fingerprint density at radius 1 is 0.727 bits per heavy atom. The Hall–Kier alpha value is -0.780. The summed E-state index contributed by atoms with van der Waals surface area (Å²) in [6.07, 6.45) is 17.2. The van der Waals surface area contributed by atoms with Gasteiger partial charge in [0, 0.05) is 0 Å². The summed E-state index contributed by atoms with van der Waals surface area (Å²) in [6, 6.07) is 9.82. The van der Waals surface area contributed by atoms with E-state index in [1.165, 1.54) is 77.0 Å². The fraction of sp³-hybridized carbons (Fsp3) is 0.727. The Labute approximate surface area is 137 Å². The molecule has 0 atom stereocenters. The second-order valence-corrected chi connectivity index (χ2v) is 7.86. The summed E-state index contributed by atoms with van der Waals surface area (Å²) in [5.41, 5.74) is 3.23. The lowest BCUT2D eigenvalue weighted by Crippen LogP contribution is -2.13. The summed E-state index contributed by atoms with van der Waals surface area (Å²) >= 11 is 0. The van der Waals surface area contributed by atoms with Crippen LogP contribution in [0.15, 0.2) is 24.3 Å². The average molecular weight is 299 g/mol. The Morgan fingerprint density at radius 3 is 1.82 bits per heavy atom. The molecular weight excluding hydrogens is 264 g/mol. The molecular formula is C22H34. The van der Waals surface area contributed by atoms with Crippen molar-refractivity contribution in [2.45, 2.75) is 95.8 Å².